The van der Waals surface area contributed by atoms with Gasteiger partial charge in [0.15, 0.2) is 9.84 Å². The number of nitrogens with one attached hydrogen (secondary N) is 1. The Kier molecular flexibility index (Phi) is 4.84. The van der Waals surface area contributed by atoms with Crippen LogP contribution in [-0.2, 0) is 16.3 Å². The van der Waals surface area contributed by atoms with Crippen LogP contribution < -0.4 is 5.32 Å². The fraction of sp³-hybridized carbons (Fsp3) is 0.333. The molecule has 0 atom stereocenters. The van der Waals surface area contributed by atoms with Gasteiger partial charge in [0.2, 0.25) is 0 Å². The summed E-state index contributed by atoms with van der Waals surface area (Å²) < 4.78 is 29.6. The Morgan fingerprint density at radius 2 is 1.95 bits per heavy atom. The van der Waals surface area contributed by atoms with Crippen LogP contribution in [0.4, 0.5) is 5.69 Å². The minimum Gasteiger partial charge on any atom is -0.469 e. The average Bonchev–Trinajstić information content (AvgIpc) is 2.92. The van der Waals surface area contributed by atoms with Crippen LogP contribution in [0.5, 0.6) is 0 Å². The highest BCUT2D eigenvalue weighted by atomic mass is 32.2. The van der Waals surface area contributed by atoms with Gasteiger partial charge in [-0.2, -0.15) is 0 Å². The van der Waals surface area contributed by atoms with Crippen LogP contribution in [0.25, 0.3) is 0 Å². The van der Waals surface area contributed by atoms with Crippen LogP contribution in [0.1, 0.15) is 19.1 Å². The van der Waals surface area contributed by atoms with Gasteiger partial charge in [-0.05, 0) is 30.7 Å². The van der Waals surface area contributed by atoms with Gasteiger partial charge < -0.3 is 9.73 Å². The number of sulfone groups is 1. The fourth-order valence-corrected chi connectivity index (χ4v) is 3.56. The molecular weight excluding hydrogens is 274 g/mol. The number of rotatable bonds is 7. The van der Waals surface area contributed by atoms with Gasteiger partial charge in [0.05, 0.1) is 22.6 Å². The standard InChI is InChI=1S/C15H19NO3S/c1-2-12-20(17,18)15-8-4-3-7-14(15)16-10-9-13-6-5-11-19-13/h3-8,11,16H,2,9-10,12H2,1H3. The molecule has 0 fully saturated rings. The average molecular weight is 293 g/mol. The zero-order valence-corrected chi connectivity index (χ0v) is 12.3. The Balaban J connectivity index is 2.08. The fourth-order valence-electron chi connectivity index (χ4n) is 2.04. The molecule has 1 N–H and O–H groups in total. The highest BCUT2D eigenvalue weighted by Crippen LogP contribution is 2.22. The molecule has 1 aromatic heterocycles. The van der Waals surface area contributed by atoms with Crippen molar-refractivity contribution in [1.29, 1.82) is 0 Å². The summed E-state index contributed by atoms with van der Waals surface area (Å²) in [5, 5.41) is 3.18. The lowest BCUT2D eigenvalue weighted by molar-refractivity contribution is 0.513. The number of hydrogen-bond donors (Lipinski definition) is 1. The molecule has 0 unspecified atom stereocenters. The minimum atomic E-state index is -3.21. The van der Waals surface area contributed by atoms with Gasteiger partial charge in [-0.15, -0.1) is 0 Å². The molecule has 1 heterocycles. The predicted molar refractivity (Wildman–Crippen MR) is 79.7 cm³/mol. The van der Waals surface area contributed by atoms with Crippen LogP contribution in [-0.4, -0.2) is 20.7 Å². The first-order chi connectivity index (χ1) is 9.63. The molecule has 0 saturated carbocycles. The van der Waals surface area contributed by atoms with Crippen LogP contribution in [0.15, 0.2) is 52.0 Å². The number of hydrogen-bond acceptors (Lipinski definition) is 4. The molecule has 0 saturated heterocycles. The van der Waals surface area contributed by atoms with Crippen molar-refractivity contribution in [2.45, 2.75) is 24.7 Å². The zero-order valence-electron chi connectivity index (χ0n) is 11.5. The van der Waals surface area contributed by atoms with E-state index in [1.807, 2.05) is 25.1 Å². The Hall–Kier alpha value is -1.75. The minimum absolute atomic E-state index is 0.171. The highest BCUT2D eigenvalue weighted by molar-refractivity contribution is 7.91. The van der Waals surface area contributed by atoms with Crippen LogP contribution in [0, 0.1) is 0 Å². The summed E-state index contributed by atoms with van der Waals surface area (Å²) in [5.41, 5.74) is 0.660. The van der Waals surface area contributed by atoms with Crippen molar-refractivity contribution >= 4 is 15.5 Å². The first-order valence-corrected chi connectivity index (χ1v) is 8.37. The SMILES string of the molecule is CCCS(=O)(=O)c1ccccc1NCCc1ccco1. The van der Waals surface area contributed by atoms with Crippen molar-refractivity contribution in [2.75, 3.05) is 17.6 Å². The number of benzene rings is 1. The lowest BCUT2D eigenvalue weighted by Gasteiger charge is -2.11. The summed E-state index contributed by atoms with van der Waals surface area (Å²) in [7, 11) is -3.21. The van der Waals surface area contributed by atoms with Gasteiger partial charge in [0, 0.05) is 13.0 Å². The number of anilines is 1. The van der Waals surface area contributed by atoms with E-state index in [1.165, 1.54) is 0 Å². The summed E-state index contributed by atoms with van der Waals surface area (Å²) in [6.07, 6.45) is 2.97. The Morgan fingerprint density at radius 1 is 1.15 bits per heavy atom. The summed E-state index contributed by atoms with van der Waals surface area (Å²) in [5.74, 6) is 1.05. The second-order valence-electron chi connectivity index (χ2n) is 4.57. The van der Waals surface area contributed by atoms with Crippen LogP contribution in [0.3, 0.4) is 0 Å². The first kappa shape index (κ1) is 14.7. The van der Waals surface area contributed by atoms with E-state index in [0.717, 1.165) is 12.2 Å². The highest BCUT2D eigenvalue weighted by Gasteiger charge is 2.16. The second kappa shape index (κ2) is 6.61. The normalized spacial score (nSPS) is 11.4. The zero-order chi connectivity index (χ0) is 14.4. The summed E-state index contributed by atoms with van der Waals surface area (Å²) in [6, 6.07) is 10.8. The maximum absolute atomic E-state index is 12.2. The molecule has 0 aliphatic carbocycles. The van der Waals surface area contributed by atoms with Crippen molar-refractivity contribution in [3.05, 3.63) is 48.4 Å². The van der Waals surface area contributed by atoms with Crippen molar-refractivity contribution < 1.29 is 12.8 Å². The molecule has 108 valence electrons. The van der Waals surface area contributed by atoms with Gasteiger partial charge in [0.25, 0.3) is 0 Å². The molecule has 4 nitrogen and oxygen atoms in total. The van der Waals surface area contributed by atoms with Gasteiger partial charge in [-0.3, -0.25) is 0 Å². The third-order valence-electron chi connectivity index (χ3n) is 2.96. The number of para-hydroxylation sites is 1. The van der Waals surface area contributed by atoms with E-state index in [2.05, 4.69) is 5.32 Å². The van der Waals surface area contributed by atoms with Crippen molar-refractivity contribution in [3.8, 4) is 0 Å². The van der Waals surface area contributed by atoms with E-state index in [0.29, 0.717) is 23.5 Å². The lowest BCUT2D eigenvalue weighted by atomic mass is 10.3. The lowest BCUT2D eigenvalue weighted by Crippen LogP contribution is -2.12. The Labute approximate surface area is 119 Å². The third kappa shape index (κ3) is 3.63. The van der Waals surface area contributed by atoms with Crippen molar-refractivity contribution in [3.63, 3.8) is 0 Å². The molecule has 1 aromatic carbocycles. The second-order valence-corrected chi connectivity index (χ2v) is 6.65. The monoisotopic (exact) mass is 293 g/mol. The molecule has 0 bridgehead atoms. The molecule has 0 amide bonds. The summed E-state index contributed by atoms with van der Waals surface area (Å²) in [6.45, 7) is 2.50. The maximum Gasteiger partial charge on any atom is 0.180 e. The first-order valence-electron chi connectivity index (χ1n) is 6.71. The molecule has 0 spiro atoms. The van der Waals surface area contributed by atoms with Crippen LogP contribution in [0.2, 0.25) is 0 Å². The summed E-state index contributed by atoms with van der Waals surface area (Å²) >= 11 is 0. The third-order valence-corrected chi connectivity index (χ3v) is 4.93. The van der Waals surface area contributed by atoms with E-state index >= 15 is 0 Å². The van der Waals surface area contributed by atoms with Crippen molar-refractivity contribution in [1.82, 2.24) is 0 Å². The summed E-state index contributed by atoms with van der Waals surface area (Å²) in [4.78, 5) is 0.376. The number of furan rings is 1. The van der Waals surface area contributed by atoms with E-state index in [-0.39, 0.29) is 5.75 Å². The Morgan fingerprint density at radius 3 is 2.65 bits per heavy atom. The van der Waals surface area contributed by atoms with E-state index < -0.39 is 9.84 Å². The van der Waals surface area contributed by atoms with Gasteiger partial charge >= 0.3 is 0 Å². The largest absolute Gasteiger partial charge is 0.469 e. The molecule has 0 aliphatic heterocycles. The van der Waals surface area contributed by atoms with E-state index in [4.69, 9.17) is 4.42 Å². The quantitative estimate of drug-likeness (QED) is 0.852. The van der Waals surface area contributed by atoms with E-state index in [9.17, 15) is 8.42 Å². The molecule has 2 rings (SSSR count). The Bertz CT molecular complexity index is 633. The predicted octanol–water partition coefficient (Wildman–Crippen LogP) is 3.12. The van der Waals surface area contributed by atoms with Gasteiger partial charge in [-0.25, -0.2) is 8.42 Å². The van der Waals surface area contributed by atoms with Gasteiger partial charge in [0.1, 0.15) is 5.76 Å². The molecule has 2 aromatic rings. The maximum atomic E-state index is 12.2. The molecule has 20 heavy (non-hydrogen) atoms. The van der Waals surface area contributed by atoms with E-state index in [1.54, 1.807) is 24.5 Å². The molecular formula is C15H19NO3S. The molecule has 5 heteroatoms. The molecule has 0 aliphatic rings. The van der Waals surface area contributed by atoms with Crippen LogP contribution >= 0.6 is 0 Å². The molecule has 0 radical (unpaired) electrons. The smallest absolute Gasteiger partial charge is 0.180 e. The van der Waals surface area contributed by atoms with Crippen molar-refractivity contribution in [2.24, 2.45) is 0 Å². The topological polar surface area (TPSA) is 59.3 Å². The van der Waals surface area contributed by atoms with Gasteiger partial charge in [-0.1, -0.05) is 19.1 Å².